The molecular weight excluding hydrogens is 506 g/mol. The van der Waals surface area contributed by atoms with Gasteiger partial charge in [0.2, 0.25) is 0 Å². The molecule has 2 aromatic heterocycles. The van der Waals surface area contributed by atoms with Crippen molar-refractivity contribution in [2.24, 2.45) is 0 Å². The van der Waals surface area contributed by atoms with Crippen LogP contribution in [0.3, 0.4) is 0 Å². The van der Waals surface area contributed by atoms with E-state index in [9.17, 15) is 13.5 Å². The van der Waals surface area contributed by atoms with Gasteiger partial charge in [-0.1, -0.05) is 41.9 Å². The van der Waals surface area contributed by atoms with Gasteiger partial charge in [-0.2, -0.15) is 4.98 Å². The van der Waals surface area contributed by atoms with Crippen LogP contribution in [0.4, 0.5) is 0 Å². The Kier molecular flexibility index (Phi) is 6.04. The predicted molar refractivity (Wildman–Crippen MR) is 135 cm³/mol. The van der Waals surface area contributed by atoms with Crippen molar-refractivity contribution in [1.29, 1.82) is 0 Å². The largest absolute Gasteiger partial charge is 0.456 e. The van der Waals surface area contributed by atoms with Crippen molar-refractivity contribution in [3.05, 3.63) is 47.0 Å². The molecule has 1 aromatic carbocycles. The Morgan fingerprint density at radius 3 is 2.58 bits per heavy atom. The molecule has 6 rings (SSSR count). The van der Waals surface area contributed by atoms with Gasteiger partial charge < -0.3 is 24.3 Å². The van der Waals surface area contributed by atoms with Crippen molar-refractivity contribution >= 4 is 38.2 Å². The molecule has 2 saturated heterocycles. The summed E-state index contributed by atoms with van der Waals surface area (Å²) in [5, 5.41) is 10.1. The van der Waals surface area contributed by atoms with Crippen LogP contribution in [0.25, 0.3) is 28.0 Å². The second-order valence-corrected chi connectivity index (χ2v) is 12.3. The first kappa shape index (κ1) is 23.9. The number of pyridine rings is 1. The number of aromatic amines is 1. The van der Waals surface area contributed by atoms with Gasteiger partial charge in [-0.3, -0.25) is 0 Å². The molecule has 5 unspecified atom stereocenters. The minimum Gasteiger partial charge on any atom is -0.456 e. The number of aromatic nitrogens is 3. The molecule has 2 fully saturated rings. The number of nitrogens with one attached hydrogen (secondary N) is 1. The molecule has 3 aliphatic rings. The molecule has 5 atom stereocenters. The molecule has 0 saturated carbocycles. The molecule has 36 heavy (non-hydrogen) atoms. The van der Waals surface area contributed by atoms with E-state index in [1.165, 1.54) is 6.26 Å². The van der Waals surface area contributed by atoms with E-state index >= 15 is 0 Å². The Balaban J connectivity index is 1.20. The summed E-state index contributed by atoms with van der Waals surface area (Å²) in [5.74, 6) is 0. The standard InChI is InChI=1S/C25H26ClN3O6S/c1-36(31,32)16-8-6-14(7-9-16)13-2-4-15(5-3-13)21-17(26)10-18-24(28-21)29-25(27-18)35-20-12-34-22-19(30)11-33-23(20)22/h2-6,10,16,19-20,22-23,30H,7-9,11-12H2,1H3,(H,27,28,29). The average Bonchev–Trinajstić information content (AvgIpc) is 3.55. The van der Waals surface area contributed by atoms with E-state index in [-0.39, 0.29) is 36.2 Å². The number of H-pyrrole nitrogens is 1. The minimum atomic E-state index is -3.02. The zero-order valence-electron chi connectivity index (χ0n) is 19.6. The molecule has 0 bridgehead atoms. The van der Waals surface area contributed by atoms with Crippen LogP contribution in [0.1, 0.15) is 24.8 Å². The molecular formula is C25H26ClN3O6S. The Morgan fingerprint density at radius 1 is 1.11 bits per heavy atom. The van der Waals surface area contributed by atoms with E-state index in [1.54, 1.807) is 6.07 Å². The molecule has 4 heterocycles. The summed E-state index contributed by atoms with van der Waals surface area (Å²) in [4.78, 5) is 12.2. The number of hydrogen-bond donors (Lipinski definition) is 2. The third-order valence-corrected chi connectivity index (χ3v) is 9.07. The number of halogens is 1. The second kappa shape index (κ2) is 9.11. The smallest absolute Gasteiger partial charge is 0.296 e. The summed E-state index contributed by atoms with van der Waals surface area (Å²) < 4.78 is 40.8. The lowest BCUT2D eigenvalue weighted by Crippen LogP contribution is -2.34. The summed E-state index contributed by atoms with van der Waals surface area (Å²) in [7, 11) is -3.02. The van der Waals surface area contributed by atoms with E-state index in [0.29, 0.717) is 41.3 Å². The molecule has 0 amide bonds. The Labute approximate surface area is 213 Å². The Bertz CT molecular complexity index is 1440. The first-order valence-electron chi connectivity index (χ1n) is 11.9. The highest BCUT2D eigenvalue weighted by Crippen LogP contribution is 2.34. The quantitative estimate of drug-likeness (QED) is 0.514. The van der Waals surface area contributed by atoms with Crippen molar-refractivity contribution in [3.8, 4) is 17.3 Å². The number of allylic oxidation sites excluding steroid dienone is 2. The number of benzene rings is 1. The second-order valence-electron chi connectivity index (χ2n) is 9.58. The maximum absolute atomic E-state index is 11.8. The lowest BCUT2D eigenvalue weighted by Gasteiger charge is -2.20. The molecule has 11 heteroatoms. The van der Waals surface area contributed by atoms with Crippen molar-refractivity contribution in [1.82, 2.24) is 15.0 Å². The highest BCUT2D eigenvalue weighted by atomic mass is 35.5. The zero-order valence-corrected chi connectivity index (χ0v) is 21.1. The van der Waals surface area contributed by atoms with Crippen LogP contribution in [-0.2, 0) is 19.3 Å². The fourth-order valence-electron chi connectivity index (χ4n) is 5.15. The lowest BCUT2D eigenvalue weighted by molar-refractivity contribution is 0.00706. The Morgan fingerprint density at radius 2 is 1.86 bits per heavy atom. The number of imidazole rings is 1. The highest BCUT2D eigenvalue weighted by molar-refractivity contribution is 7.91. The van der Waals surface area contributed by atoms with Gasteiger partial charge in [0.25, 0.3) is 6.01 Å². The number of nitrogens with zero attached hydrogens (tertiary/aromatic N) is 2. The van der Waals surface area contributed by atoms with E-state index in [0.717, 1.165) is 23.1 Å². The average molecular weight is 532 g/mol. The van der Waals surface area contributed by atoms with E-state index in [2.05, 4.69) is 15.0 Å². The normalized spacial score (nSPS) is 28.3. The number of aliphatic hydroxyl groups is 1. The van der Waals surface area contributed by atoms with E-state index < -0.39 is 15.9 Å². The van der Waals surface area contributed by atoms with Crippen LogP contribution in [-0.4, -0.2) is 77.6 Å². The topological polar surface area (TPSA) is 124 Å². The van der Waals surface area contributed by atoms with E-state index in [1.807, 2.05) is 30.3 Å². The third-order valence-electron chi connectivity index (χ3n) is 7.15. The van der Waals surface area contributed by atoms with Gasteiger partial charge in [-0.25, -0.2) is 13.4 Å². The van der Waals surface area contributed by atoms with Gasteiger partial charge in [-0.05, 0) is 36.5 Å². The third kappa shape index (κ3) is 4.41. The van der Waals surface area contributed by atoms with Gasteiger partial charge in [-0.15, -0.1) is 0 Å². The summed E-state index contributed by atoms with van der Waals surface area (Å²) in [5.41, 5.74) is 4.79. The summed E-state index contributed by atoms with van der Waals surface area (Å²) in [6, 6.07) is 10.00. The molecule has 9 nitrogen and oxygen atoms in total. The number of fused-ring (bicyclic) bond motifs is 2. The van der Waals surface area contributed by atoms with Crippen LogP contribution in [0.5, 0.6) is 6.01 Å². The molecule has 3 aromatic rings. The van der Waals surface area contributed by atoms with Crippen molar-refractivity contribution in [2.45, 2.75) is 48.9 Å². The monoisotopic (exact) mass is 531 g/mol. The van der Waals surface area contributed by atoms with Crippen LogP contribution in [0, 0.1) is 0 Å². The maximum Gasteiger partial charge on any atom is 0.296 e. The van der Waals surface area contributed by atoms with E-state index in [4.69, 9.17) is 25.8 Å². The first-order chi connectivity index (χ1) is 17.3. The fraction of sp³-hybridized carbons (Fsp3) is 0.440. The van der Waals surface area contributed by atoms with Crippen LogP contribution >= 0.6 is 11.6 Å². The molecule has 2 aliphatic heterocycles. The number of aliphatic hydroxyl groups excluding tert-OH is 1. The van der Waals surface area contributed by atoms with Crippen LogP contribution < -0.4 is 4.74 Å². The molecule has 190 valence electrons. The summed E-state index contributed by atoms with van der Waals surface area (Å²) >= 11 is 6.57. The molecule has 0 spiro atoms. The predicted octanol–water partition coefficient (Wildman–Crippen LogP) is 3.16. The lowest BCUT2D eigenvalue weighted by atomic mass is 9.92. The molecule has 2 N–H and O–H groups in total. The van der Waals surface area contributed by atoms with Gasteiger partial charge in [0, 0.05) is 11.8 Å². The highest BCUT2D eigenvalue weighted by Gasteiger charge is 2.48. The number of ether oxygens (including phenoxy) is 3. The number of sulfone groups is 1. The number of hydrogen-bond acceptors (Lipinski definition) is 8. The fourth-order valence-corrected chi connectivity index (χ4v) is 6.40. The van der Waals surface area contributed by atoms with Crippen molar-refractivity contribution in [3.63, 3.8) is 0 Å². The van der Waals surface area contributed by atoms with Gasteiger partial charge >= 0.3 is 0 Å². The SMILES string of the molecule is CS(=O)(=O)C1CC=C(c2ccc(-c3nc4nc(OC5COC6C(O)COC56)[nH]c4cc3Cl)cc2)CC1. The van der Waals surface area contributed by atoms with Gasteiger partial charge in [0.15, 0.2) is 21.6 Å². The maximum atomic E-state index is 11.8. The van der Waals surface area contributed by atoms with Crippen molar-refractivity contribution < 1.29 is 27.7 Å². The van der Waals surface area contributed by atoms with Gasteiger partial charge in [0.1, 0.15) is 18.3 Å². The van der Waals surface area contributed by atoms with Crippen LogP contribution in [0.15, 0.2) is 36.4 Å². The van der Waals surface area contributed by atoms with Gasteiger partial charge in [0.05, 0.1) is 34.7 Å². The minimum absolute atomic E-state index is 0.229. The van der Waals surface area contributed by atoms with Crippen LogP contribution in [0.2, 0.25) is 5.02 Å². The van der Waals surface area contributed by atoms with Crippen molar-refractivity contribution in [2.75, 3.05) is 19.5 Å². The molecule has 1 aliphatic carbocycles. The Hall–Kier alpha value is -2.50. The number of rotatable bonds is 5. The molecule has 0 radical (unpaired) electrons. The first-order valence-corrected chi connectivity index (χ1v) is 14.2. The zero-order chi connectivity index (χ0) is 25.0. The summed E-state index contributed by atoms with van der Waals surface area (Å²) in [6.45, 7) is 0.535. The summed E-state index contributed by atoms with van der Waals surface area (Å²) in [6.07, 6.45) is 3.51.